The summed E-state index contributed by atoms with van der Waals surface area (Å²) >= 11 is 0. The summed E-state index contributed by atoms with van der Waals surface area (Å²) in [5, 5.41) is 3.16. The number of hydrogen-bond acceptors (Lipinski definition) is 3. The maximum atomic E-state index is 13.0. The lowest BCUT2D eigenvalue weighted by atomic mass is 10.00. The molecule has 1 heterocycles. The molecule has 0 saturated carbocycles. The van der Waals surface area contributed by atoms with Crippen molar-refractivity contribution < 1.29 is 4.79 Å². The Balaban J connectivity index is 1.96. The van der Waals surface area contributed by atoms with Crippen molar-refractivity contribution in [2.24, 2.45) is 7.05 Å². The zero-order valence-electron chi connectivity index (χ0n) is 15.6. The maximum absolute atomic E-state index is 13.0. The summed E-state index contributed by atoms with van der Waals surface area (Å²) in [5.41, 5.74) is 3.77. The quantitative estimate of drug-likeness (QED) is 0.769. The molecule has 1 aromatic heterocycles. The number of aryl methyl sites for hydroxylation is 2. The summed E-state index contributed by atoms with van der Waals surface area (Å²) in [5.74, 6) is 0.682. The average molecular weight is 348 g/mol. The van der Waals surface area contributed by atoms with Crippen molar-refractivity contribution >= 4 is 11.6 Å². The van der Waals surface area contributed by atoms with E-state index >= 15 is 0 Å². The van der Waals surface area contributed by atoms with Crippen molar-refractivity contribution in [3.8, 4) is 0 Å². The highest BCUT2D eigenvalue weighted by atomic mass is 16.1. The first-order valence-corrected chi connectivity index (χ1v) is 8.58. The number of anilines is 1. The van der Waals surface area contributed by atoms with Crippen LogP contribution in [0.5, 0.6) is 0 Å². The Hall–Kier alpha value is -3.08. The Bertz CT molecular complexity index is 914. The number of benzene rings is 2. The van der Waals surface area contributed by atoms with Crippen LogP contribution in [0.4, 0.5) is 5.69 Å². The van der Waals surface area contributed by atoms with E-state index in [4.69, 9.17) is 0 Å². The molecule has 1 N–H and O–H groups in total. The van der Waals surface area contributed by atoms with Crippen molar-refractivity contribution in [1.29, 1.82) is 0 Å². The van der Waals surface area contributed by atoms with Crippen molar-refractivity contribution in [1.82, 2.24) is 14.9 Å². The Morgan fingerprint density at radius 1 is 1.15 bits per heavy atom. The molecule has 26 heavy (non-hydrogen) atoms. The van der Waals surface area contributed by atoms with Gasteiger partial charge in [0.25, 0.3) is 5.91 Å². The molecule has 3 aromatic rings. The van der Waals surface area contributed by atoms with E-state index in [1.54, 1.807) is 6.20 Å². The van der Waals surface area contributed by atoms with Crippen LogP contribution in [0.3, 0.4) is 0 Å². The van der Waals surface area contributed by atoms with Gasteiger partial charge in [0.15, 0.2) is 0 Å². The normalized spacial score (nSPS) is 11.8. The molecule has 0 radical (unpaired) electrons. The monoisotopic (exact) mass is 348 g/mol. The summed E-state index contributed by atoms with van der Waals surface area (Å²) in [4.78, 5) is 19.4. The number of carbonyl (C=O) groups is 1. The second kappa shape index (κ2) is 7.44. The van der Waals surface area contributed by atoms with Crippen LogP contribution in [-0.4, -0.2) is 29.6 Å². The Kier molecular flexibility index (Phi) is 5.07. The topological polar surface area (TPSA) is 50.2 Å². The van der Waals surface area contributed by atoms with Gasteiger partial charge in [-0.05, 0) is 36.2 Å². The third kappa shape index (κ3) is 3.61. The minimum absolute atomic E-state index is 0.120. The molecule has 134 valence electrons. The van der Waals surface area contributed by atoms with Crippen molar-refractivity contribution in [2.75, 3.05) is 19.0 Å². The van der Waals surface area contributed by atoms with E-state index in [1.165, 1.54) is 0 Å². The molecule has 2 aromatic carbocycles. The number of amides is 1. The fourth-order valence-corrected chi connectivity index (χ4v) is 2.99. The van der Waals surface area contributed by atoms with Gasteiger partial charge in [-0.15, -0.1) is 0 Å². The molecule has 0 bridgehead atoms. The third-order valence-corrected chi connectivity index (χ3v) is 4.52. The van der Waals surface area contributed by atoms with Gasteiger partial charge in [-0.3, -0.25) is 4.79 Å². The van der Waals surface area contributed by atoms with E-state index in [2.05, 4.69) is 10.3 Å². The highest BCUT2D eigenvalue weighted by Gasteiger charge is 2.22. The number of imidazole rings is 1. The summed E-state index contributed by atoms with van der Waals surface area (Å²) in [6.07, 6.45) is 3.64. The first-order chi connectivity index (χ1) is 12.5. The zero-order valence-corrected chi connectivity index (χ0v) is 15.6. The van der Waals surface area contributed by atoms with E-state index in [0.717, 1.165) is 22.6 Å². The largest absolute Gasteiger partial charge is 0.378 e. The predicted molar refractivity (Wildman–Crippen MR) is 104 cm³/mol. The molecule has 3 rings (SSSR count). The van der Waals surface area contributed by atoms with E-state index in [0.29, 0.717) is 5.56 Å². The molecule has 5 heteroatoms. The van der Waals surface area contributed by atoms with E-state index < -0.39 is 0 Å². The first-order valence-electron chi connectivity index (χ1n) is 8.58. The van der Waals surface area contributed by atoms with Gasteiger partial charge in [-0.2, -0.15) is 0 Å². The van der Waals surface area contributed by atoms with Crippen molar-refractivity contribution in [3.05, 3.63) is 83.4 Å². The first kappa shape index (κ1) is 17.7. The minimum Gasteiger partial charge on any atom is -0.378 e. The highest BCUT2D eigenvalue weighted by Crippen LogP contribution is 2.24. The second-order valence-electron chi connectivity index (χ2n) is 6.60. The van der Waals surface area contributed by atoms with Gasteiger partial charge >= 0.3 is 0 Å². The molecule has 0 saturated heterocycles. The molecule has 1 amide bonds. The zero-order chi connectivity index (χ0) is 18.7. The van der Waals surface area contributed by atoms with Crippen molar-refractivity contribution in [3.63, 3.8) is 0 Å². The fourth-order valence-electron chi connectivity index (χ4n) is 2.99. The van der Waals surface area contributed by atoms with Crippen LogP contribution in [0.2, 0.25) is 0 Å². The van der Waals surface area contributed by atoms with Crippen LogP contribution in [0.1, 0.15) is 33.4 Å². The van der Waals surface area contributed by atoms with Gasteiger partial charge < -0.3 is 14.8 Å². The molecular formula is C21H24N4O. The van der Waals surface area contributed by atoms with E-state index in [9.17, 15) is 4.79 Å². The smallest absolute Gasteiger partial charge is 0.252 e. The van der Waals surface area contributed by atoms with E-state index in [1.807, 2.05) is 92.3 Å². The third-order valence-electron chi connectivity index (χ3n) is 4.52. The van der Waals surface area contributed by atoms with Gasteiger partial charge in [0.2, 0.25) is 0 Å². The predicted octanol–water partition coefficient (Wildman–Crippen LogP) is 3.31. The molecule has 0 spiro atoms. The minimum atomic E-state index is -0.313. The number of carbonyl (C=O) groups excluding carboxylic acids is 1. The number of nitrogens with zero attached hydrogens (tertiary/aromatic N) is 3. The molecule has 0 aliphatic carbocycles. The number of rotatable bonds is 5. The van der Waals surface area contributed by atoms with Gasteiger partial charge in [-0.1, -0.05) is 30.3 Å². The summed E-state index contributed by atoms with van der Waals surface area (Å²) in [6.45, 7) is 2.05. The number of nitrogens with one attached hydrogen (secondary N) is 1. The second-order valence-corrected chi connectivity index (χ2v) is 6.60. The average Bonchev–Trinajstić information content (AvgIpc) is 3.06. The van der Waals surface area contributed by atoms with Crippen LogP contribution < -0.4 is 10.2 Å². The van der Waals surface area contributed by atoms with E-state index in [-0.39, 0.29) is 11.9 Å². The standard InChI is InChI=1S/C21H24N4O/c1-15-8-5-6-11-18(15)19(20-22-12-13-25(20)4)23-21(26)16-9-7-10-17(14-16)24(2)3/h5-14,19H,1-4H3,(H,23,26). The summed E-state index contributed by atoms with van der Waals surface area (Å²) in [6, 6.07) is 15.3. The number of aromatic nitrogens is 2. The Morgan fingerprint density at radius 2 is 1.92 bits per heavy atom. The van der Waals surface area contributed by atoms with Crippen LogP contribution in [0, 0.1) is 6.92 Å². The SMILES string of the molecule is Cc1ccccc1C(NC(=O)c1cccc(N(C)C)c1)c1nccn1C. The molecule has 1 unspecified atom stereocenters. The van der Waals surface area contributed by atoms with Crippen LogP contribution in [-0.2, 0) is 7.05 Å². The maximum Gasteiger partial charge on any atom is 0.252 e. The molecule has 0 aliphatic heterocycles. The fraction of sp³-hybridized carbons (Fsp3) is 0.238. The molecule has 1 atom stereocenters. The van der Waals surface area contributed by atoms with Gasteiger partial charge in [0, 0.05) is 44.8 Å². The lowest BCUT2D eigenvalue weighted by Gasteiger charge is -2.21. The van der Waals surface area contributed by atoms with Gasteiger partial charge in [0.1, 0.15) is 11.9 Å². The number of hydrogen-bond donors (Lipinski definition) is 1. The van der Waals surface area contributed by atoms with Gasteiger partial charge in [0.05, 0.1) is 0 Å². The Morgan fingerprint density at radius 3 is 2.58 bits per heavy atom. The summed E-state index contributed by atoms with van der Waals surface area (Å²) in [7, 11) is 5.86. The van der Waals surface area contributed by atoms with Crippen LogP contribution in [0.25, 0.3) is 0 Å². The van der Waals surface area contributed by atoms with Crippen LogP contribution >= 0.6 is 0 Å². The Labute approximate surface area is 154 Å². The molecule has 0 fully saturated rings. The highest BCUT2D eigenvalue weighted by molar-refractivity contribution is 5.95. The molecular weight excluding hydrogens is 324 g/mol. The lowest BCUT2D eigenvalue weighted by molar-refractivity contribution is 0.0941. The molecule has 5 nitrogen and oxygen atoms in total. The van der Waals surface area contributed by atoms with Crippen molar-refractivity contribution in [2.45, 2.75) is 13.0 Å². The van der Waals surface area contributed by atoms with Gasteiger partial charge in [-0.25, -0.2) is 4.98 Å². The lowest BCUT2D eigenvalue weighted by Crippen LogP contribution is -2.31. The van der Waals surface area contributed by atoms with Crippen LogP contribution in [0.15, 0.2) is 60.9 Å². The molecule has 0 aliphatic rings. The summed E-state index contributed by atoms with van der Waals surface area (Å²) < 4.78 is 1.94.